The van der Waals surface area contributed by atoms with E-state index in [0.29, 0.717) is 16.8 Å². The monoisotopic (exact) mass is 321 g/mol. The Morgan fingerprint density at radius 2 is 2.18 bits per heavy atom. The van der Waals surface area contributed by atoms with Gasteiger partial charge in [-0.15, -0.1) is 0 Å². The average molecular weight is 321 g/mol. The van der Waals surface area contributed by atoms with Crippen molar-refractivity contribution in [2.45, 2.75) is 24.8 Å². The molecule has 0 radical (unpaired) electrons. The highest BCUT2D eigenvalue weighted by molar-refractivity contribution is 7.90. The SMILES string of the molecule is COc1ccc(N(C)CC(C)C)c(C[S+]([O-])c2ncc[nH]2)c1. The molecule has 0 fully saturated rings. The van der Waals surface area contributed by atoms with Crippen molar-refractivity contribution in [3.8, 4) is 5.75 Å². The Bertz CT molecular complexity index is 587. The third-order valence-corrected chi connectivity index (χ3v) is 4.54. The molecule has 2 rings (SSSR count). The van der Waals surface area contributed by atoms with Crippen molar-refractivity contribution in [3.05, 3.63) is 36.2 Å². The molecule has 0 bridgehead atoms. The lowest BCUT2D eigenvalue weighted by Crippen LogP contribution is -2.24. The van der Waals surface area contributed by atoms with Crippen LogP contribution in [0.1, 0.15) is 19.4 Å². The molecule has 1 heterocycles. The summed E-state index contributed by atoms with van der Waals surface area (Å²) in [5, 5.41) is 0.500. The largest absolute Gasteiger partial charge is 0.609 e. The number of rotatable bonds is 7. The number of nitrogens with one attached hydrogen (secondary N) is 1. The highest BCUT2D eigenvalue weighted by atomic mass is 32.2. The van der Waals surface area contributed by atoms with Crippen LogP contribution < -0.4 is 9.64 Å². The summed E-state index contributed by atoms with van der Waals surface area (Å²) in [6, 6.07) is 5.91. The molecule has 0 saturated carbocycles. The zero-order valence-electron chi connectivity index (χ0n) is 13.5. The first-order valence-electron chi connectivity index (χ1n) is 7.27. The molecule has 5 nitrogen and oxygen atoms in total. The zero-order chi connectivity index (χ0) is 16.1. The Hall–Kier alpha value is -1.66. The van der Waals surface area contributed by atoms with Crippen LogP contribution in [0.15, 0.2) is 35.7 Å². The first-order chi connectivity index (χ1) is 10.5. The Morgan fingerprint density at radius 1 is 1.41 bits per heavy atom. The van der Waals surface area contributed by atoms with Gasteiger partial charge in [0.1, 0.15) is 11.5 Å². The highest BCUT2D eigenvalue weighted by Crippen LogP contribution is 2.28. The number of H-pyrrole nitrogens is 1. The summed E-state index contributed by atoms with van der Waals surface area (Å²) in [5.41, 5.74) is 2.08. The molecule has 0 amide bonds. The fourth-order valence-electron chi connectivity index (χ4n) is 2.41. The fraction of sp³-hybridized carbons (Fsp3) is 0.438. The number of hydrogen-bond donors (Lipinski definition) is 1. The van der Waals surface area contributed by atoms with Crippen LogP contribution in [-0.4, -0.2) is 35.2 Å². The molecule has 0 aliphatic carbocycles. The van der Waals surface area contributed by atoms with Crippen molar-refractivity contribution < 1.29 is 9.29 Å². The van der Waals surface area contributed by atoms with E-state index in [1.165, 1.54) is 0 Å². The summed E-state index contributed by atoms with van der Waals surface area (Å²) < 4.78 is 17.7. The average Bonchev–Trinajstić information content (AvgIpc) is 3.00. The lowest BCUT2D eigenvalue weighted by molar-refractivity contribution is 0.414. The molecule has 120 valence electrons. The van der Waals surface area contributed by atoms with E-state index in [9.17, 15) is 4.55 Å². The van der Waals surface area contributed by atoms with E-state index in [2.05, 4.69) is 35.8 Å². The molecule has 22 heavy (non-hydrogen) atoms. The van der Waals surface area contributed by atoms with Gasteiger partial charge in [0.2, 0.25) is 0 Å². The van der Waals surface area contributed by atoms with E-state index in [1.54, 1.807) is 19.5 Å². The van der Waals surface area contributed by atoms with Gasteiger partial charge in [-0.2, -0.15) is 4.98 Å². The van der Waals surface area contributed by atoms with Crippen LogP contribution >= 0.6 is 0 Å². The van der Waals surface area contributed by atoms with Gasteiger partial charge in [-0.1, -0.05) is 13.8 Å². The van der Waals surface area contributed by atoms with E-state index in [4.69, 9.17) is 4.74 Å². The molecule has 1 N–H and O–H groups in total. The molecular formula is C16H23N3O2S. The van der Waals surface area contributed by atoms with Crippen molar-refractivity contribution >= 4 is 16.9 Å². The molecule has 1 aromatic heterocycles. The van der Waals surface area contributed by atoms with Gasteiger partial charge < -0.3 is 19.2 Å². The number of imidazole rings is 1. The molecule has 0 saturated heterocycles. The molecule has 0 spiro atoms. The van der Waals surface area contributed by atoms with Crippen LogP contribution in [0.25, 0.3) is 0 Å². The van der Waals surface area contributed by atoms with Gasteiger partial charge in [0.25, 0.3) is 0 Å². The van der Waals surface area contributed by atoms with Crippen LogP contribution in [0.2, 0.25) is 0 Å². The van der Waals surface area contributed by atoms with E-state index < -0.39 is 11.2 Å². The predicted octanol–water partition coefficient (Wildman–Crippen LogP) is 2.82. The Kier molecular flexibility index (Phi) is 5.74. The smallest absolute Gasteiger partial charge is 0.320 e. The quantitative estimate of drug-likeness (QED) is 0.797. The van der Waals surface area contributed by atoms with Gasteiger partial charge in [-0.25, -0.2) is 0 Å². The number of methoxy groups -OCH3 is 1. The molecule has 1 aromatic carbocycles. The number of nitrogens with zero attached hydrogens (tertiary/aromatic N) is 2. The third-order valence-electron chi connectivity index (χ3n) is 3.31. The summed E-state index contributed by atoms with van der Waals surface area (Å²) in [6.45, 7) is 5.30. The van der Waals surface area contributed by atoms with Crippen LogP contribution in [-0.2, 0) is 16.9 Å². The second-order valence-electron chi connectivity index (χ2n) is 5.65. The second-order valence-corrected chi connectivity index (χ2v) is 7.02. The first-order valence-corrected chi connectivity index (χ1v) is 8.59. The molecule has 1 atom stereocenters. The highest BCUT2D eigenvalue weighted by Gasteiger charge is 2.19. The van der Waals surface area contributed by atoms with Crippen LogP contribution in [0.5, 0.6) is 5.75 Å². The minimum atomic E-state index is -1.20. The van der Waals surface area contributed by atoms with E-state index in [0.717, 1.165) is 23.5 Å². The van der Waals surface area contributed by atoms with Crippen molar-refractivity contribution in [2.75, 3.05) is 25.6 Å². The van der Waals surface area contributed by atoms with Gasteiger partial charge in [0.05, 0.1) is 7.11 Å². The van der Waals surface area contributed by atoms with Crippen molar-refractivity contribution in [2.24, 2.45) is 5.92 Å². The number of benzene rings is 1. The number of aromatic nitrogens is 2. The van der Waals surface area contributed by atoms with Crippen molar-refractivity contribution in [1.82, 2.24) is 9.97 Å². The third kappa shape index (κ3) is 4.18. The molecule has 2 aromatic rings. The Morgan fingerprint density at radius 3 is 2.77 bits per heavy atom. The summed E-state index contributed by atoms with van der Waals surface area (Å²) in [4.78, 5) is 9.18. The Labute approximate surface area is 134 Å². The van der Waals surface area contributed by atoms with Crippen molar-refractivity contribution in [1.29, 1.82) is 0 Å². The van der Waals surface area contributed by atoms with E-state index in [1.807, 2.05) is 18.2 Å². The summed E-state index contributed by atoms with van der Waals surface area (Å²) >= 11 is -1.20. The topological polar surface area (TPSA) is 64.2 Å². The van der Waals surface area contributed by atoms with Crippen LogP contribution in [0.3, 0.4) is 0 Å². The minimum absolute atomic E-state index is 0.405. The van der Waals surface area contributed by atoms with Gasteiger partial charge in [-0.3, -0.25) is 0 Å². The molecule has 0 aliphatic heterocycles. The molecule has 6 heteroatoms. The maximum absolute atomic E-state index is 12.4. The zero-order valence-corrected chi connectivity index (χ0v) is 14.3. The van der Waals surface area contributed by atoms with Crippen molar-refractivity contribution in [3.63, 3.8) is 0 Å². The predicted molar refractivity (Wildman–Crippen MR) is 89.8 cm³/mol. The van der Waals surface area contributed by atoms with Crippen LogP contribution in [0, 0.1) is 5.92 Å². The maximum Gasteiger partial charge on any atom is 0.320 e. The molecule has 0 aliphatic rings. The fourth-order valence-corrected chi connectivity index (χ4v) is 3.44. The lowest BCUT2D eigenvalue weighted by Gasteiger charge is -2.24. The van der Waals surface area contributed by atoms with Gasteiger partial charge in [-0.05, 0) is 24.1 Å². The number of hydrogen-bond acceptors (Lipinski definition) is 4. The second kappa shape index (κ2) is 7.56. The van der Waals surface area contributed by atoms with Gasteiger partial charge in [0, 0.05) is 48.4 Å². The molecular weight excluding hydrogens is 298 g/mol. The number of aromatic amines is 1. The van der Waals surface area contributed by atoms with Crippen LogP contribution in [0.4, 0.5) is 5.69 Å². The molecule has 1 unspecified atom stereocenters. The minimum Gasteiger partial charge on any atom is -0.609 e. The number of ether oxygens (including phenoxy) is 1. The summed E-state index contributed by atoms with van der Waals surface area (Å²) in [6.07, 6.45) is 3.30. The van der Waals surface area contributed by atoms with E-state index in [-0.39, 0.29) is 0 Å². The Balaban J connectivity index is 2.26. The maximum atomic E-state index is 12.4. The summed E-state index contributed by atoms with van der Waals surface area (Å²) in [5.74, 6) is 1.73. The van der Waals surface area contributed by atoms with Gasteiger partial charge >= 0.3 is 5.16 Å². The normalized spacial score (nSPS) is 12.5. The summed E-state index contributed by atoms with van der Waals surface area (Å²) in [7, 11) is 3.70. The lowest BCUT2D eigenvalue weighted by atomic mass is 10.1. The standard InChI is InChI=1S/C16H23N3O2S/c1-12(2)10-19(3)15-6-5-14(21-4)9-13(15)11-22(20)16-17-7-8-18-16/h5-9,12H,10-11H2,1-4H3,(H,17,18). The van der Waals surface area contributed by atoms with Gasteiger partial charge in [0.15, 0.2) is 0 Å². The van der Waals surface area contributed by atoms with E-state index >= 15 is 0 Å². The first kappa shape index (κ1) is 16.7. The number of anilines is 1.